The number of hydrogen-bond acceptors (Lipinski definition) is 3. The molecule has 0 N–H and O–H groups in total. The van der Waals surface area contributed by atoms with E-state index in [2.05, 4.69) is 0 Å². The lowest BCUT2D eigenvalue weighted by atomic mass is 10.2. The molecule has 0 saturated heterocycles. The van der Waals surface area contributed by atoms with Crippen molar-refractivity contribution >= 4 is 21.6 Å². The molecular formula is C14H16ClNO3S. The van der Waals surface area contributed by atoms with Crippen LogP contribution in [-0.4, -0.2) is 19.3 Å². The van der Waals surface area contributed by atoms with Crippen molar-refractivity contribution < 1.29 is 12.8 Å². The van der Waals surface area contributed by atoms with E-state index in [1.807, 2.05) is 0 Å². The second kappa shape index (κ2) is 5.99. The van der Waals surface area contributed by atoms with E-state index >= 15 is 0 Å². The summed E-state index contributed by atoms with van der Waals surface area (Å²) in [7, 11) is -3.57. The number of sulfonamides is 1. The molecule has 1 aromatic heterocycles. The van der Waals surface area contributed by atoms with Crippen molar-refractivity contribution in [3.05, 3.63) is 52.9 Å². The molecular weight excluding hydrogens is 298 g/mol. The van der Waals surface area contributed by atoms with Crippen molar-refractivity contribution in [2.24, 2.45) is 0 Å². The van der Waals surface area contributed by atoms with Crippen molar-refractivity contribution in [1.29, 1.82) is 0 Å². The average Bonchev–Trinajstić information content (AvgIpc) is 2.91. The van der Waals surface area contributed by atoms with Gasteiger partial charge in [0.05, 0.1) is 17.4 Å². The van der Waals surface area contributed by atoms with Crippen molar-refractivity contribution in [2.75, 3.05) is 6.54 Å². The molecule has 0 radical (unpaired) electrons. The van der Waals surface area contributed by atoms with Crippen molar-refractivity contribution in [2.45, 2.75) is 25.3 Å². The fourth-order valence-corrected chi connectivity index (χ4v) is 3.87. The second-order valence-electron chi connectivity index (χ2n) is 4.47. The molecule has 2 aromatic rings. The topological polar surface area (TPSA) is 50.5 Å². The van der Waals surface area contributed by atoms with Crippen LogP contribution in [0.5, 0.6) is 0 Å². The summed E-state index contributed by atoms with van der Waals surface area (Å²) >= 11 is 5.92. The molecule has 0 fully saturated rings. The van der Waals surface area contributed by atoms with Crippen LogP contribution in [0.4, 0.5) is 0 Å². The molecule has 0 atom stereocenters. The highest BCUT2D eigenvalue weighted by atomic mass is 35.5. The highest BCUT2D eigenvalue weighted by Gasteiger charge is 2.25. The number of nitrogens with zero attached hydrogens (tertiary/aromatic N) is 1. The van der Waals surface area contributed by atoms with Crippen molar-refractivity contribution in [3.8, 4) is 0 Å². The van der Waals surface area contributed by atoms with Gasteiger partial charge in [0, 0.05) is 23.7 Å². The minimum Gasteiger partial charge on any atom is -0.472 e. The van der Waals surface area contributed by atoms with Crippen LogP contribution in [0.3, 0.4) is 0 Å². The van der Waals surface area contributed by atoms with E-state index in [9.17, 15) is 8.42 Å². The van der Waals surface area contributed by atoms with Gasteiger partial charge in [-0.3, -0.25) is 0 Å². The summed E-state index contributed by atoms with van der Waals surface area (Å²) in [5.41, 5.74) is 1.50. The van der Waals surface area contributed by atoms with E-state index in [1.165, 1.54) is 16.6 Å². The van der Waals surface area contributed by atoms with Crippen LogP contribution in [0.25, 0.3) is 0 Å². The largest absolute Gasteiger partial charge is 0.472 e. The summed E-state index contributed by atoms with van der Waals surface area (Å²) in [6.07, 6.45) is 3.07. The molecule has 0 unspecified atom stereocenters. The van der Waals surface area contributed by atoms with Gasteiger partial charge in [-0.1, -0.05) is 24.6 Å². The first kappa shape index (κ1) is 15.1. The van der Waals surface area contributed by atoms with E-state index in [0.29, 0.717) is 17.1 Å². The summed E-state index contributed by atoms with van der Waals surface area (Å²) in [6, 6.07) is 6.64. The normalized spacial score (nSPS) is 12.0. The van der Waals surface area contributed by atoms with Gasteiger partial charge in [0.25, 0.3) is 0 Å². The first-order chi connectivity index (χ1) is 9.45. The minimum absolute atomic E-state index is 0.246. The monoisotopic (exact) mass is 313 g/mol. The fraction of sp³-hybridized carbons (Fsp3) is 0.286. The van der Waals surface area contributed by atoms with E-state index in [-0.39, 0.29) is 11.4 Å². The maximum Gasteiger partial charge on any atom is 0.243 e. The van der Waals surface area contributed by atoms with Gasteiger partial charge in [0.1, 0.15) is 0 Å². The molecule has 0 amide bonds. The first-order valence-corrected chi connectivity index (χ1v) is 8.04. The summed E-state index contributed by atoms with van der Waals surface area (Å²) in [4.78, 5) is 0.246. The average molecular weight is 314 g/mol. The Labute approximate surface area is 124 Å². The Hall–Kier alpha value is -1.30. The SMILES string of the molecule is CCN(Cc1ccoc1)S(=O)(=O)c1cc(Cl)ccc1C. The Morgan fingerprint density at radius 3 is 2.65 bits per heavy atom. The van der Waals surface area contributed by atoms with E-state index < -0.39 is 10.0 Å². The maximum atomic E-state index is 12.7. The standard InChI is InChI=1S/C14H16ClNO3S/c1-3-16(9-12-6-7-19-10-12)20(17,18)14-8-13(15)5-4-11(14)2/h4-8,10H,3,9H2,1-2H3. The molecule has 0 saturated carbocycles. The van der Waals surface area contributed by atoms with E-state index in [4.69, 9.17) is 16.0 Å². The lowest BCUT2D eigenvalue weighted by molar-refractivity contribution is 0.421. The summed E-state index contributed by atoms with van der Waals surface area (Å²) in [6.45, 7) is 4.22. The number of halogens is 1. The molecule has 1 aromatic carbocycles. The van der Waals surface area contributed by atoms with Crippen molar-refractivity contribution in [3.63, 3.8) is 0 Å². The maximum absolute atomic E-state index is 12.7. The predicted octanol–water partition coefficient (Wildman–Crippen LogP) is 3.45. The lowest BCUT2D eigenvalue weighted by Gasteiger charge is -2.21. The number of aryl methyl sites for hydroxylation is 1. The lowest BCUT2D eigenvalue weighted by Crippen LogP contribution is -2.30. The molecule has 0 spiro atoms. The zero-order chi connectivity index (χ0) is 14.8. The highest BCUT2D eigenvalue weighted by Crippen LogP contribution is 2.24. The smallest absolute Gasteiger partial charge is 0.243 e. The van der Waals surface area contributed by atoms with Gasteiger partial charge in [-0.05, 0) is 30.7 Å². The Kier molecular flexibility index (Phi) is 4.52. The third-order valence-corrected chi connectivity index (χ3v) is 5.36. The van der Waals surface area contributed by atoms with Gasteiger partial charge in [0.2, 0.25) is 10.0 Å². The molecule has 6 heteroatoms. The Morgan fingerprint density at radius 1 is 1.30 bits per heavy atom. The van der Waals surface area contributed by atoms with Crippen LogP contribution in [0.1, 0.15) is 18.1 Å². The molecule has 0 aliphatic rings. The zero-order valence-corrected chi connectivity index (χ0v) is 12.9. The second-order valence-corrected chi connectivity index (χ2v) is 6.82. The summed E-state index contributed by atoms with van der Waals surface area (Å²) in [5, 5.41) is 0.411. The molecule has 0 aliphatic heterocycles. The van der Waals surface area contributed by atoms with Gasteiger partial charge in [-0.25, -0.2) is 8.42 Å². The molecule has 1 heterocycles. The molecule has 20 heavy (non-hydrogen) atoms. The Balaban J connectivity index is 2.38. The Bertz CT molecular complexity index is 680. The van der Waals surface area contributed by atoms with Gasteiger partial charge in [-0.15, -0.1) is 0 Å². The zero-order valence-electron chi connectivity index (χ0n) is 11.3. The van der Waals surface area contributed by atoms with Crippen molar-refractivity contribution in [1.82, 2.24) is 4.31 Å². The molecule has 4 nitrogen and oxygen atoms in total. The van der Waals surface area contributed by atoms with Gasteiger partial charge in [-0.2, -0.15) is 4.31 Å². The van der Waals surface area contributed by atoms with Crippen LogP contribution < -0.4 is 0 Å². The van der Waals surface area contributed by atoms with Crippen LogP contribution in [-0.2, 0) is 16.6 Å². The molecule has 0 aliphatic carbocycles. The first-order valence-electron chi connectivity index (χ1n) is 6.22. The summed E-state index contributed by atoms with van der Waals surface area (Å²) in [5.74, 6) is 0. The van der Waals surface area contributed by atoms with E-state index in [1.54, 1.807) is 38.3 Å². The van der Waals surface area contributed by atoms with Gasteiger partial charge in [0.15, 0.2) is 0 Å². The van der Waals surface area contributed by atoms with E-state index in [0.717, 1.165) is 5.56 Å². The molecule has 0 bridgehead atoms. The van der Waals surface area contributed by atoms with Gasteiger partial charge < -0.3 is 4.42 Å². The number of benzene rings is 1. The Morgan fingerprint density at radius 2 is 2.05 bits per heavy atom. The van der Waals surface area contributed by atoms with Crippen LogP contribution >= 0.6 is 11.6 Å². The third kappa shape index (κ3) is 3.06. The number of furan rings is 1. The van der Waals surface area contributed by atoms with Gasteiger partial charge >= 0.3 is 0 Å². The number of hydrogen-bond donors (Lipinski definition) is 0. The molecule has 108 valence electrons. The van der Waals surface area contributed by atoms with Crippen LogP contribution in [0.2, 0.25) is 5.02 Å². The third-order valence-electron chi connectivity index (χ3n) is 3.06. The molecule has 2 rings (SSSR count). The highest BCUT2D eigenvalue weighted by molar-refractivity contribution is 7.89. The van der Waals surface area contributed by atoms with Crippen LogP contribution in [0.15, 0.2) is 46.1 Å². The predicted molar refractivity (Wildman–Crippen MR) is 78.2 cm³/mol. The number of rotatable bonds is 5. The fourth-order valence-electron chi connectivity index (χ4n) is 1.94. The minimum atomic E-state index is -3.57. The summed E-state index contributed by atoms with van der Waals surface area (Å²) < 4.78 is 31.8. The van der Waals surface area contributed by atoms with Crippen LogP contribution in [0, 0.1) is 6.92 Å². The quantitative estimate of drug-likeness (QED) is 0.849.